The summed E-state index contributed by atoms with van der Waals surface area (Å²) in [4.78, 5) is 12.0. The maximum atomic E-state index is 12.0. The Morgan fingerprint density at radius 1 is 1.09 bits per heavy atom. The number of carbonyl (C=O) groups is 1. The third-order valence-corrected chi connectivity index (χ3v) is 3.51. The largest absolute Gasteiger partial charge is 0.331 e. The van der Waals surface area contributed by atoms with Crippen LogP contribution in [0.1, 0.15) is 5.82 Å². The summed E-state index contributed by atoms with van der Waals surface area (Å²) in [6, 6.07) is 16.4. The number of hydrogen-bond donors (Lipinski definition) is 2. The van der Waals surface area contributed by atoms with Crippen molar-refractivity contribution in [1.82, 2.24) is 20.1 Å². The van der Waals surface area contributed by atoms with Crippen molar-refractivity contribution in [2.24, 2.45) is 0 Å². The first kappa shape index (κ1) is 15.1. The number of para-hydroxylation sites is 2. The number of anilines is 1. The van der Waals surface area contributed by atoms with Crippen LogP contribution >= 0.6 is 11.6 Å². The molecule has 2 amide bonds. The molecule has 1 heterocycles. The summed E-state index contributed by atoms with van der Waals surface area (Å²) >= 11 is 6.00. The van der Waals surface area contributed by atoms with Crippen LogP contribution in [0.5, 0.6) is 0 Å². The molecule has 2 aromatic carbocycles. The van der Waals surface area contributed by atoms with Gasteiger partial charge in [0.05, 0.1) is 17.3 Å². The molecule has 6 nitrogen and oxygen atoms in total. The van der Waals surface area contributed by atoms with Gasteiger partial charge in [0.2, 0.25) is 0 Å². The predicted octanol–water partition coefficient (Wildman–Crippen LogP) is 3.24. The van der Waals surface area contributed by atoms with Crippen molar-refractivity contribution in [1.29, 1.82) is 0 Å². The number of urea groups is 1. The lowest BCUT2D eigenvalue weighted by molar-refractivity contribution is 0.251. The molecule has 0 unspecified atom stereocenters. The van der Waals surface area contributed by atoms with E-state index in [-0.39, 0.29) is 12.6 Å². The third kappa shape index (κ3) is 3.67. The molecule has 0 bridgehead atoms. The predicted molar refractivity (Wildman–Crippen MR) is 88.7 cm³/mol. The zero-order chi connectivity index (χ0) is 16.1. The Morgan fingerprint density at radius 2 is 1.83 bits per heavy atom. The Hall–Kier alpha value is -2.86. The maximum absolute atomic E-state index is 12.0. The first-order valence-electron chi connectivity index (χ1n) is 6.98. The van der Waals surface area contributed by atoms with Crippen LogP contribution in [0.2, 0.25) is 5.02 Å². The fourth-order valence-corrected chi connectivity index (χ4v) is 2.26. The van der Waals surface area contributed by atoms with Gasteiger partial charge >= 0.3 is 6.03 Å². The quantitative estimate of drug-likeness (QED) is 0.772. The molecule has 2 N–H and O–H groups in total. The lowest BCUT2D eigenvalue weighted by Gasteiger charge is -2.10. The highest BCUT2D eigenvalue weighted by Gasteiger charge is 2.09. The second-order valence-electron chi connectivity index (χ2n) is 4.74. The van der Waals surface area contributed by atoms with Crippen LogP contribution < -0.4 is 10.6 Å². The summed E-state index contributed by atoms with van der Waals surface area (Å²) < 4.78 is 1.82. The molecule has 0 aliphatic rings. The van der Waals surface area contributed by atoms with E-state index in [2.05, 4.69) is 20.8 Å². The minimum Gasteiger partial charge on any atom is -0.331 e. The normalized spacial score (nSPS) is 10.3. The molecule has 0 saturated carbocycles. The minimum atomic E-state index is -0.360. The summed E-state index contributed by atoms with van der Waals surface area (Å²) in [6.07, 6.45) is 1.61. The minimum absolute atomic E-state index is 0.241. The Kier molecular flexibility index (Phi) is 4.54. The van der Waals surface area contributed by atoms with Gasteiger partial charge in [0.15, 0.2) is 5.82 Å². The number of benzene rings is 2. The van der Waals surface area contributed by atoms with Crippen molar-refractivity contribution >= 4 is 23.3 Å². The Bertz CT molecular complexity index is 803. The van der Waals surface area contributed by atoms with Gasteiger partial charge in [-0.2, -0.15) is 0 Å². The number of halogens is 1. The summed E-state index contributed by atoms with van der Waals surface area (Å²) in [5, 5.41) is 13.8. The van der Waals surface area contributed by atoms with Crippen molar-refractivity contribution in [3.05, 3.63) is 71.8 Å². The fraction of sp³-hybridized carbons (Fsp3) is 0.0625. The number of nitrogens with one attached hydrogen (secondary N) is 2. The zero-order valence-corrected chi connectivity index (χ0v) is 12.9. The smallest absolute Gasteiger partial charge is 0.319 e. The van der Waals surface area contributed by atoms with Gasteiger partial charge in [0.25, 0.3) is 0 Å². The van der Waals surface area contributed by atoms with Gasteiger partial charge in [-0.1, -0.05) is 41.9 Å². The number of rotatable bonds is 4. The average Bonchev–Trinajstić information content (AvgIpc) is 3.04. The molecule has 3 aromatic rings. The number of aromatic nitrogens is 3. The highest BCUT2D eigenvalue weighted by molar-refractivity contribution is 6.33. The molecule has 0 aliphatic heterocycles. The molecule has 0 atom stereocenters. The van der Waals surface area contributed by atoms with E-state index in [9.17, 15) is 4.79 Å². The van der Waals surface area contributed by atoms with Crippen LogP contribution in [-0.2, 0) is 6.54 Å². The van der Waals surface area contributed by atoms with E-state index in [1.807, 2.05) is 34.9 Å². The molecule has 116 valence electrons. The zero-order valence-electron chi connectivity index (χ0n) is 12.1. The lowest BCUT2D eigenvalue weighted by atomic mass is 10.3. The Balaban J connectivity index is 1.64. The number of amides is 2. The van der Waals surface area contributed by atoms with Crippen LogP contribution in [-0.4, -0.2) is 20.8 Å². The fourth-order valence-electron chi connectivity index (χ4n) is 2.07. The van der Waals surface area contributed by atoms with Crippen LogP contribution in [0.3, 0.4) is 0 Å². The molecule has 1 aromatic heterocycles. The maximum Gasteiger partial charge on any atom is 0.319 e. The van der Waals surface area contributed by atoms with Crippen molar-refractivity contribution in [2.75, 3.05) is 5.32 Å². The molecule has 0 aliphatic carbocycles. The summed E-state index contributed by atoms with van der Waals surface area (Å²) in [7, 11) is 0. The highest BCUT2D eigenvalue weighted by Crippen LogP contribution is 2.20. The second-order valence-corrected chi connectivity index (χ2v) is 5.15. The molecule has 0 fully saturated rings. The molecule has 0 radical (unpaired) electrons. The van der Waals surface area contributed by atoms with Crippen molar-refractivity contribution < 1.29 is 4.79 Å². The van der Waals surface area contributed by atoms with Crippen LogP contribution in [0.15, 0.2) is 60.9 Å². The first-order chi connectivity index (χ1) is 11.2. The first-order valence-corrected chi connectivity index (χ1v) is 7.35. The van der Waals surface area contributed by atoms with E-state index in [1.54, 1.807) is 30.6 Å². The third-order valence-electron chi connectivity index (χ3n) is 3.18. The molecule has 0 spiro atoms. The highest BCUT2D eigenvalue weighted by atomic mass is 35.5. The van der Waals surface area contributed by atoms with Crippen LogP contribution in [0, 0.1) is 0 Å². The molecule has 0 saturated heterocycles. The van der Waals surface area contributed by atoms with Crippen LogP contribution in [0.4, 0.5) is 10.5 Å². The van der Waals surface area contributed by atoms with E-state index in [0.29, 0.717) is 16.5 Å². The van der Waals surface area contributed by atoms with Crippen molar-refractivity contribution in [3.63, 3.8) is 0 Å². The monoisotopic (exact) mass is 327 g/mol. The lowest BCUT2D eigenvalue weighted by Crippen LogP contribution is -2.29. The van der Waals surface area contributed by atoms with Gasteiger partial charge in [-0.25, -0.2) is 4.79 Å². The van der Waals surface area contributed by atoms with E-state index >= 15 is 0 Å². The summed E-state index contributed by atoms with van der Waals surface area (Å²) in [5.41, 5.74) is 1.48. The van der Waals surface area contributed by atoms with E-state index < -0.39 is 0 Å². The van der Waals surface area contributed by atoms with Crippen LogP contribution in [0.25, 0.3) is 5.69 Å². The summed E-state index contributed by atoms with van der Waals surface area (Å²) in [6.45, 7) is 0.241. The van der Waals surface area contributed by atoms with Crippen molar-refractivity contribution in [2.45, 2.75) is 6.54 Å². The van der Waals surface area contributed by atoms with Gasteiger partial charge in [-0.05, 0) is 24.3 Å². The standard InChI is InChI=1S/C16H14ClN5O/c17-13-8-4-5-9-14(13)20-16(23)18-10-15-21-19-11-22(15)12-6-2-1-3-7-12/h1-9,11H,10H2,(H2,18,20,23). The van der Waals surface area contributed by atoms with Gasteiger partial charge in [-0.3, -0.25) is 4.57 Å². The number of hydrogen-bond acceptors (Lipinski definition) is 3. The summed E-state index contributed by atoms with van der Waals surface area (Å²) in [5.74, 6) is 0.630. The van der Waals surface area contributed by atoms with Gasteiger partial charge < -0.3 is 10.6 Å². The van der Waals surface area contributed by atoms with E-state index in [4.69, 9.17) is 11.6 Å². The van der Waals surface area contributed by atoms with Gasteiger partial charge in [0, 0.05) is 5.69 Å². The number of nitrogens with zero attached hydrogens (tertiary/aromatic N) is 3. The molecule has 7 heteroatoms. The molecular formula is C16H14ClN5O. The molecule has 3 rings (SSSR count). The SMILES string of the molecule is O=C(NCc1nncn1-c1ccccc1)Nc1ccccc1Cl. The van der Waals surface area contributed by atoms with Gasteiger partial charge in [0.1, 0.15) is 6.33 Å². The average molecular weight is 328 g/mol. The molecule has 23 heavy (non-hydrogen) atoms. The number of carbonyl (C=O) groups excluding carboxylic acids is 1. The van der Waals surface area contributed by atoms with Crippen molar-refractivity contribution in [3.8, 4) is 5.69 Å². The Labute approximate surface area is 138 Å². The molecular weight excluding hydrogens is 314 g/mol. The Morgan fingerprint density at radius 3 is 2.61 bits per heavy atom. The topological polar surface area (TPSA) is 71.8 Å². The van der Waals surface area contributed by atoms with E-state index in [1.165, 1.54) is 0 Å². The second kappa shape index (κ2) is 6.93. The van der Waals surface area contributed by atoms with E-state index in [0.717, 1.165) is 5.69 Å². The van der Waals surface area contributed by atoms with Gasteiger partial charge in [-0.15, -0.1) is 10.2 Å².